The topological polar surface area (TPSA) is 67.8 Å². The van der Waals surface area contributed by atoms with Crippen molar-refractivity contribution in [3.05, 3.63) is 23.8 Å². The zero-order valence-corrected chi connectivity index (χ0v) is 9.85. The number of carbonyl (C=O) groups is 1. The van der Waals surface area contributed by atoms with Crippen molar-refractivity contribution in [1.29, 1.82) is 0 Å². The number of aliphatic carboxylic acids is 1. The lowest BCUT2D eigenvalue weighted by atomic mass is 10.1. The van der Waals surface area contributed by atoms with Crippen LogP contribution in [-0.4, -0.2) is 27.3 Å². The third kappa shape index (κ3) is 3.14. The maximum Gasteiger partial charge on any atom is 0.164 e. The molecule has 0 aliphatic rings. The van der Waals surface area contributed by atoms with Gasteiger partial charge in [0.05, 0.1) is 27.3 Å². The molecule has 92 valence electrons. The molecule has 0 fully saturated rings. The van der Waals surface area contributed by atoms with Gasteiger partial charge in [0.25, 0.3) is 0 Å². The van der Waals surface area contributed by atoms with E-state index in [1.54, 1.807) is 12.1 Å². The molecule has 0 bridgehead atoms. The quantitative estimate of drug-likeness (QED) is 0.696. The highest BCUT2D eigenvalue weighted by Gasteiger charge is 2.09. The molecular weight excluding hydrogens is 224 g/mol. The molecule has 5 nitrogen and oxygen atoms in total. The molecule has 0 saturated carbocycles. The maximum absolute atomic E-state index is 10.4. The largest absolute Gasteiger partial charge is 0.545 e. The molecule has 0 N–H and O–H groups in total. The molecule has 0 atom stereocenters. The van der Waals surface area contributed by atoms with E-state index in [0.717, 1.165) is 6.08 Å². The van der Waals surface area contributed by atoms with Crippen LogP contribution in [0.1, 0.15) is 5.56 Å². The van der Waals surface area contributed by atoms with Gasteiger partial charge in [-0.15, -0.1) is 0 Å². The Labute approximate surface area is 99.2 Å². The molecular formula is C12H13O5-. The van der Waals surface area contributed by atoms with E-state index in [1.807, 2.05) is 0 Å². The number of carboxylic acids is 1. The van der Waals surface area contributed by atoms with Gasteiger partial charge in [-0.1, -0.05) is 0 Å². The normalized spacial score (nSPS) is 10.3. The van der Waals surface area contributed by atoms with E-state index in [4.69, 9.17) is 14.2 Å². The summed E-state index contributed by atoms with van der Waals surface area (Å²) in [7, 11) is 4.49. The van der Waals surface area contributed by atoms with Crippen LogP contribution >= 0.6 is 0 Å². The number of methoxy groups -OCH3 is 3. The highest BCUT2D eigenvalue weighted by Crippen LogP contribution is 2.35. The number of ether oxygens (including phenoxy) is 3. The number of carboxylic acid groups (broad SMARTS) is 1. The molecule has 0 aliphatic carbocycles. The minimum atomic E-state index is -1.28. The molecule has 0 unspecified atom stereocenters. The summed E-state index contributed by atoms with van der Waals surface area (Å²) in [6.07, 6.45) is 2.29. The molecule has 0 amide bonds. The zero-order valence-electron chi connectivity index (χ0n) is 9.85. The van der Waals surface area contributed by atoms with Crippen molar-refractivity contribution in [2.24, 2.45) is 0 Å². The van der Waals surface area contributed by atoms with Gasteiger partial charge >= 0.3 is 0 Å². The fraction of sp³-hybridized carbons (Fsp3) is 0.250. The molecule has 17 heavy (non-hydrogen) atoms. The molecule has 0 aromatic heterocycles. The van der Waals surface area contributed by atoms with Gasteiger partial charge in [-0.25, -0.2) is 0 Å². The van der Waals surface area contributed by atoms with E-state index in [-0.39, 0.29) is 0 Å². The molecule has 0 aliphatic heterocycles. The standard InChI is InChI=1S/C12H14O5/c1-15-9-7-11(17-3)10(16-2)6-8(9)4-5-12(13)14/h4-7H,1-3H3,(H,13,14)/p-1/b5-4+. The predicted molar refractivity (Wildman–Crippen MR) is 60.1 cm³/mol. The number of carbonyl (C=O) groups excluding carboxylic acids is 1. The lowest BCUT2D eigenvalue weighted by molar-refractivity contribution is -0.297. The van der Waals surface area contributed by atoms with Gasteiger partial charge in [-0.05, 0) is 18.2 Å². The van der Waals surface area contributed by atoms with E-state index < -0.39 is 5.97 Å². The van der Waals surface area contributed by atoms with E-state index in [9.17, 15) is 9.90 Å². The lowest BCUT2D eigenvalue weighted by Crippen LogP contribution is -2.18. The van der Waals surface area contributed by atoms with Crippen LogP contribution in [0.3, 0.4) is 0 Å². The van der Waals surface area contributed by atoms with Crippen LogP contribution in [0.15, 0.2) is 18.2 Å². The fourth-order valence-electron chi connectivity index (χ4n) is 1.34. The third-order valence-corrected chi connectivity index (χ3v) is 2.13. The zero-order chi connectivity index (χ0) is 12.8. The molecule has 0 saturated heterocycles. The SMILES string of the molecule is COc1cc(OC)c(OC)cc1/C=C/C(=O)[O-]. The van der Waals surface area contributed by atoms with Gasteiger partial charge in [0.2, 0.25) is 0 Å². The van der Waals surface area contributed by atoms with Gasteiger partial charge in [-0.3, -0.25) is 0 Å². The second kappa shape index (κ2) is 5.79. The molecule has 0 spiro atoms. The Morgan fingerprint density at radius 3 is 2.06 bits per heavy atom. The second-order valence-electron chi connectivity index (χ2n) is 3.10. The number of hydrogen-bond donors (Lipinski definition) is 0. The van der Waals surface area contributed by atoms with E-state index in [1.165, 1.54) is 27.4 Å². The van der Waals surface area contributed by atoms with Crippen LogP contribution in [-0.2, 0) is 4.79 Å². The van der Waals surface area contributed by atoms with Crippen LogP contribution in [0.25, 0.3) is 6.08 Å². The first kappa shape index (κ1) is 12.9. The average Bonchev–Trinajstić information content (AvgIpc) is 2.34. The van der Waals surface area contributed by atoms with Gasteiger partial charge in [0, 0.05) is 11.6 Å². The van der Waals surface area contributed by atoms with Gasteiger partial charge in [0.15, 0.2) is 11.5 Å². The second-order valence-corrected chi connectivity index (χ2v) is 3.10. The van der Waals surface area contributed by atoms with Gasteiger partial charge in [-0.2, -0.15) is 0 Å². The number of benzene rings is 1. The van der Waals surface area contributed by atoms with Crippen molar-refractivity contribution in [2.45, 2.75) is 0 Å². The molecule has 1 aromatic rings. The van der Waals surface area contributed by atoms with Crippen LogP contribution in [0.5, 0.6) is 17.2 Å². The minimum absolute atomic E-state index is 0.486. The van der Waals surface area contributed by atoms with Gasteiger partial charge in [0.1, 0.15) is 5.75 Å². The summed E-state index contributed by atoms with van der Waals surface area (Å²) < 4.78 is 15.3. The predicted octanol–water partition coefficient (Wildman–Crippen LogP) is 0.475. The highest BCUT2D eigenvalue weighted by molar-refractivity contribution is 5.84. The Hall–Kier alpha value is -2.17. The van der Waals surface area contributed by atoms with Crippen molar-refractivity contribution in [1.82, 2.24) is 0 Å². The van der Waals surface area contributed by atoms with E-state index in [2.05, 4.69) is 0 Å². The molecule has 1 aromatic carbocycles. The molecule has 0 radical (unpaired) electrons. The lowest BCUT2D eigenvalue weighted by Gasteiger charge is -2.12. The van der Waals surface area contributed by atoms with Crippen LogP contribution < -0.4 is 19.3 Å². The van der Waals surface area contributed by atoms with Crippen molar-refractivity contribution in [3.8, 4) is 17.2 Å². The van der Waals surface area contributed by atoms with E-state index >= 15 is 0 Å². The Bertz CT molecular complexity index is 437. The first-order chi connectivity index (χ1) is 8.12. The maximum atomic E-state index is 10.4. The Kier molecular flexibility index (Phi) is 4.39. The molecule has 0 heterocycles. The molecule has 5 heteroatoms. The summed E-state index contributed by atoms with van der Waals surface area (Å²) in [6, 6.07) is 3.24. The highest BCUT2D eigenvalue weighted by atomic mass is 16.5. The fourth-order valence-corrected chi connectivity index (χ4v) is 1.34. The van der Waals surface area contributed by atoms with Crippen molar-refractivity contribution < 1.29 is 24.1 Å². The average molecular weight is 237 g/mol. The summed E-state index contributed by atoms with van der Waals surface area (Å²) in [4.78, 5) is 10.4. The Balaban J connectivity index is 3.23. The van der Waals surface area contributed by atoms with Crippen molar-refractivity contribution >= 4 is 12.0 Å². The summed E-state index contributed by atoms with van der Waals surface area (Å²) >= 11 is 0. The van der Waals surface area contributed by atoms with Gasteiger partial charge < -0.3 is 24.1 Å². The first-order valence-electron chi connectivity index (χ1n) is 4.81. The van der Waals surface area contributed by atoms with Crippen molar-refractivity contribution in [2.75, 3.05) is 21.3 Å². The monoisotopic (exact) mass is 237 g/mol. The number of hydrogen-bond acceptors (Lipinski definition) is 5. The van der Waals surface area contributed by atoms with Crippen molar-refractivity contribution in [3.63, 3.8) is 0 Å². The third-order valence-electron chi connectivity index (χ3n) is 2.13. The first-order valence-corrected chi connectivity index (χ1v) is 4.81. The Morgan fingerprint density at radius 1 is 1.06 bits per heavy atom. The van der Waals surface area contributed by atoms with Crippen LogP contribution in [0.2, 0.25) is 0 Å². The summed E-state index contributed by atoms with van der Waals surface area (Å²) in [5.41, 5.74) is 0.564. The summed E-state index contributed by atoms with van der Waals surface area (Å²) in [5, 5.41) is 10.4. The minimum Gasteiger partial charge on any atom is -0.545 e. The summed E-state index contributed by atoms with van der Waals surface area (Å²) in [6.45, 7) is 0. The molecule has 1 rings (SSSR count). The van der Waals surface area contributed by atoms with E-state index in [0.29, 0.717) is 22.8 Å². The number of rotatable bonds is 5. The van der Waals surface area contributed by atoms with Crippen LogP contribution in [0, 0.1) is 0 Å². The van der Waals surface area contributed by atoms with Crippen LogP contribution in [0.4, 0.5) is 0 Å². The summed E-state index contributed by atoms with van der Waals surface area (Å²) in [5.74, 6) is 0.211. The smallest absolute Gasteiger partial charge is 0.164 e. The Morgan fingerprint density at radius 2 is 1.59 bits per heavy atom.